The highest BCUT2D eigenvalue weighted by Crippen LogP contribution is 2.28. The van der Waals surface area contributed by atoms with E-state index in [4.69, 9.17) is 0 Å². The van der Waals surface area contributed by atoms with Crippen molar-refractivity contribution in [1.29, 1.82) is 0 Å². The van der Waals surface area contributed by atoms with Crippen LogP contribution >= 0.6 is 0 Å². The van der Waals surface area contributed by atoms with Crippen molar-refractivity contribution in [2.45, 2.75) is 13.1 Å². The van der Waals surface area contributed by atoms with Gasteiger partial charge in [-0.15, -0.1) is 0 Å². The third-order valence-electron chi connectivity index (χ3n) is 2.13. The zero-order valence-electron chi connectivity index (χ0n) is 7.21. The van der Waals surface area contributed by atoms with Gasteiger partial charge >= 0.3 is 0 Å². The van der Waals surface area contributed by atoms with E-state index in [0.29, 0.717) is 5.56 Å². The first kappa shape index (κ1) is 8.10. The maximum atomic E-state index is 13.0. The van der Waals surface area contributed by atoms with Crippen molar-refractivity contribution in [3.05, 3.63) is 30.0 Å². The Labute approximate surface area is 75.0 Å². The molecule has 0 saturated heterocycles. The van der Waals surface area contributed by atoms with E-state index in [1.807, 2.05) is 0 Å². The Morgan fingerprint density at radius 2 is 2.23 bits per heavy atom. The second-order valence-corrected chi connectivity index (χ2v) is 3.09. The summed E-state index contributed by atoms with van der Waals surface area (Å²) in [6.45, 7) is 1.48. The normalized spacial score (nSPS) is 13.4. The highest BCUT2D eigenvalue weighted by molar-refractivity contribution is 5.84. The molecule has 2 nitrogen and oxygen atoms in total. The third kappa shape index (κ3) is 1.26. The van der Waals surface area contributed by atoms with Gasteiger partial charge in [0, 0.05) is 22.7 Å². The number of aromatic nitrogens is 1. The van der Waals surface area contributed by atoms with Gasteiger partial charge in [0.2, 0.25) is 0 Å². The first-order valence-corrected chi connectivity index (χ1v) is 4.12. The van der Waals surface area contributed by atoms with Crippen molar-refractivity contribution in [1.82, 2.24) is 4.98 Å². The van der Waals surface area contributed by atoms with E-state index in [-0.39, 0.29) is 5.75 Å². The van der Waals surface area contributed by atoms with Gasteiger partial charge in [0.05, 0.1) is 0 Å². The summed E-state index contributed by atoms with van der Waals surface area (Å²) in [5.41, 5.74) is 1.43. The van der Waals surface area contributed by atoms with E-state index >= 15 is 0 Å². The van der Waals surface area contributed by atoms with Crippen LogP contribution in [0.2, 0.25) is 0 Å². The van der Waals surface area contributed by atoms with Crippen LogP contribution in [-0.2, 0) is 0 Å². The molecule has 2 aromatic rings. The topological polar surface area (TPSA) is 36.0 Å². The van der Waals surface area contributed by atoms with Gasteiger partial charge in [-0.3, -0.25) is 0 Å². The fourth-order valence-electron chi connectivity index (χ4n) is 1.46. The molecule has 0 bridgehead atoms. The second kappa shape index (κ2) is 2.76. The van der Waals surface area contributed by atoms with Crippen LogP contribution in [0.5, 0.6) is 5.75 Å². The van der Waals surface area contributed by atoms with Crippen molar-refractivity contribution in [3.63, 3.8) is 0 Å². The highest BCUT2D eigenvalue weighted by Gasteiger charge is 2.09. The first-order valence-electron chi connectivity index (χ1n) is 4.12. The van der Waals surface area contributed by atoms with Crippen LogP contribution in [0.4, 0.5) is 4.39 Å². The largest absolute Gasteiger partial charge is 0.508 e. The Kier molecular flexibility index (Phi) is 1.72. The maximum absolute atomic E-state index is 13.0. The van der Waals surface area contributed by atoms with Gasteiger partial charge in [-0.1, -0.05) is 0 Å². The minimum Gasteiger partial charge on any atom is -0.508 e. The monoisotopic (exact) mass is 179 g/mol. The number of aromatic amines is 1. The van der Waals surface area contributed by atoms with Gasteiger partial charge in [-0.2, -0.15) is 0 Å². The number of benzene rings is 1. The minimum atomic E-state index is -1.02. The average molecular weight is 179 g/mol. The lowest BCUT2D eigenvalue weighted by atomic mass is 10.1. The predicted molar refractivity (Wildman–Crippen MR) is 49.5 cm³/mol. The van der Waals surface area contributed by atoms with Crippen LogP contribution in [0.1, 0.15) is 18.7 Å². The molecule has 0 aliphatic rings. The Morgan fingerprint density at radius 1 is 1.46 bits per heavy atom. The predicted octanol–water partition coefficient (Wildman–Crippen LogP) is 2.90. The molecule has 0 radical (unpaired) electrons. The third-order valence-corrected chi connectivity index (χ3v) is 2.13. The molecule has 2 N–H and O–H groups in total. The zero-order valence-corrected chi connectivity index (χ0v) is 7.21. The van der Waals surface area contributed by atoms with E-state index in [9.17, 15) is 9.50 Å². The van der Waals surface area contributed by atoms with E-state index < -0.39 is 6.17 Å². The van der Waals surface area contributed by atoms with Gasteiger partial charge in [0.15, 0.2) is 0 Å². The lowest BCUT2D eigenvalue weighted by molar-refractivity contribution is 0.376. The summed E-state index contributed by atoms with van der Waals surface area (Å²) >= 11 is 0. The van der Waals surface area contributed by atoms with Crippen LogP contribution in [0, 0.1) is 0 Å². The number of fused-ring (bicyclic) bond motifs is 1. The number of rotatable bonds is 1. The van der Waals surface area contributed by atoms with Crippen molar-refractivity contribution >= 4 is 10.9 Å². The van der Waals surface area contributed by atoms with Crippen LogP contribution in [0.3, 0.4) is 0 Å². The van der Waals surface area contributed by atoms with E-state index in [0.717, 1.165) is 10.9 Å². The standard InChI is InChI=1S/C10H10FNO/c1-6(11)9-5-12-10-3-2-7(13)4-8(9)10/h2-6,12-13H,1H3. The number of halogens is 1. The molecule has 3 heteroatoms. The fourth-order valence-corrected chi connectivity index (χ4v) is 1.46. The molecule has 1 heterocycles. The summed E-state index contributed by atoms with van der Waals surface area (Å²) in [4.78, 5) is 2.95. The Bertz CT molecular complexity index is 433. The lowest BCUT2D eigenvalue weighted by Crippen LogP contribution is -1.81. The molecular weight excluding hydrogens is 169 g/mol. The molecule has 0 amide bonds. The molecular formula is C10H10FNO. The number of alkyl halides is 1. The number of nitrogens with one attached hydrogen (secondary N) is 1. The molecule has 0 aliphatic carbocycles. The highest BCUT2D eigenvalue weighted by atomic mass is 19.1. The second-order valence-electron chi connectivity index (χ2n) is 3.09. The van der Waals surface area contributed by atoms with Gasteiger partial charge < -0.3 is 10.1 Å². The van der Waals surface area contributed by atoms with Crippen molar-refractivity contribution in [2.24, 2.45) is 0 Å². The summed E-state index contributed by atoms with van der Waals surface area (Å²) in [5, 5.41) is 9.96. The number of aromatic hydroxyl groups is 1. The Hall–Kier alpha value is -1.51. The number of hydrogen-bond acceptors (Lipinski definition) is 1. The van der Waals surface area contributed by atoms with E-state index in [1.54, 1.807) is 24.4 Å². The molecule has 1 unspecified atom stereocenters. The molecule has 0 saturated carbocycles. The SMILES string of the molecule is CC(F)c1c[nH]c2ccc(O)cc12. The lowest BCUT2D eigenvalue weighted by Gasteiger charge is -1.99. The van der Waals surface area contributed by atoms with E-state index in [2.05, 4.69) is 4.98 Å². The van der Waals surface area contributed by atoms with Gasteiger partial charge in [-0.25, -0.2) is 4.39 Å². The van der Waals surface area contributed by atoms with Crippen molar-refractivity contribution in [2.75, 3.05) is 0 Å². The number of phenolic OH excluding ortho intramolecular Hbond substituents is 1. The molecule has 1 atom stereocenters. The van der Waals surface area contributed by atoms with Crippen molar-refractivity contribution in [3.8, 4) is 5.75 Å². The Balaban J connectivity index is 2.71. The van der Waals surface area contributed by atoms with Crippen LogP contribution < -0.4 is 0 Å². The maximum Gasteiger partial charge on any atom is 0.124 e. The molecule has 1 aromatic heterocycles. The number of H-pyrrole nitrogens is 1. The molecule has 0 spiro atoms. The summed E-state index contributed by atoms with van der Waals surface area (Å²) in [5.74, 6) is 0.161. The van der Waals surface area contributed by atoms with Crippen LogP contribution in [-0.4, -0.2) is 10.1 Å². The van der Waals surface area contributed by atoms with Crippen molar-refractivity contribution < 1.29 is 9.50 Å². The number of phenols is 1. The summed E-state index contributed by atoms with van der Waals surface area (Å²) in [7, 11) is 0. The zero-order chi connectivity index (χ0) is 9.42. The molecule has 2 rings (SSSR count). The van der Waals surface area contributed by atoms with Crippen LogP contribution in [0.15, 0.2) is 24.4 Å². The average Bonchev–Trinajstić information content (AvgIpc) is 2.46. The summed E-state index contributed by atoms with van der Waals surface area (Å²) in [6, 6.07) is 4.87. The van der Waals surface area contributed by atoms with E-state index in [1.165, 1.54) is 6.92 Å². The van der Waals surface area contributed by atoms with Crippen LogP contribution in [0.25, 0.3) is 10.9 Å². The molecule has 13 heavy (non-hydrogen) atoms. The van der Waals surface area contributed by atoms with Gasteiger partial charge in [-0.05, 0) is 25.1 Å². The van der Waals surface area contributed by atoms with Gasteiger partial charge in [0.25, 0.3) is 0 Å². The first-order chi connectivity index (χ1) is 6.18. The quantitative estimate of drug-likeness (QED) is 0.693. The smallest absolute Gasteiger partial charge is 0.124 e. The minimum absolute atomic E-state index is 0.161. The summed E-state index contributed by atoms with van der Waals surface area (Å²) in [6.07, 6.45) is 0.616. The molecule has 0 aliphatic heterocycles. The number of hydrogen-bond donors (Lipinski definition) is 2. The summed E-state index contributed by atoms with van der Waals surface area (Å²) < 4.78 is 13.0. The molecule has 1 aromatic carbocycles. The molecule has 0 fully saturated rings. The Morgan fingerprint density at radius 3 is 2.92 bits per heavy atom. The molecule has 68 valence electrons. The fraction of sp³-hybridized carbons (Fsp3) is 0.200. The van der Waals surface area contributed by atoms with Gasteiger partial charge in [0.1, 0.15) is 11.9 Å².